The Bertz CT molecular complexity index is 1020. The van der Waals surface area contributed by atoms with Crippen LogP contribution in [0.3, 0.4) is 0 Å². The summed E-state index contributed by atoms with van der Waals surface area (Å²) < 4.78 is 13.5. The molecule has 4 aromatic rings. The fourth-order valence-corrected chi connectivity index (χ4v) is 3.72. The van der Waals surface area contributed by atoms with Crippen molar-refractivity contribution in [2.24, 2.45) is 0 Å². The minimum absolute atomic E-state index is 0.281. The molecule has 0 unspecified atom stereocenters. The van der Waals surface area contributed by atoms with Gasteiger partial charge in [-0.25, -0.2) is 14.4 Å². The van der Waals surface area contributed by atoms with E-state index in [1.165, 1.54) is 24.0 Å². The first-order valence-corrected chi connectivity index (χ1v) is 8.96. The molecule has 0 saturated carbocycles. The lowest BCUT2D eigenvalue weighted by atomic mass is 10.0. The molecule has 2 aromatic carbocycles. The van der Waals surface area contributed by atoms with E-state index in [1.54, 1.807) is 17.4 Å². The molecule has 0 bridgehead atoms. The highest BCUT2D eigenvalue weighted by Crippen LogP contribution is 2.37. The van der Waals surface area contributed by atoms with E-state index in [9.17, 15) is 4.39 Å². The van der Waals surface area contributed by atoms with Crippen molar-refractivity contribution in [1.82, 2.24) is 9.97 Å². The lowest BCUT2D eigenvalue weighted by molar-refractivity contribution is 0.628. The Hall–Kier alpha value is -2.79. The van der Waals surface area contributed by atoms with Crippen LogP contribution in [0.25, 0.3) is 21.3 Å². The first kappa shape index (κ1) is 15.7. The van der Waals surface area contributed by atoms with Crippen molar-refractivity contribution >= 4 is 33.1 Å². The summed E-state index contributed by atoms with van der Waals surface area (Å²) in [5.41, 5.74) is 4.18. The monoisotopic (exact) mass is 349 g/mol. The third kappa shape index (κ3) is 3.10. The van der Waals surface area contributed by atoms with Crippen LogP contribution in [0.5, 0.6) is 0 Å². The van der Waals surface area contributed by atoms with Gasteiger partial charge in [0.15, 0.2) is 0 Å². The third-order valence-electron chi connectivity index (χ3n) is 4.13. The van der Waals surface area contributed by atoms with Crippen LogP contribution < -0.4 is 5.32 Å². The van der Waals surface area contributed by atoms with Crippen LogP contribution in [0, 0.1) is 5.82 Å². The van der Waals surface area contributed by atoms with Gasteiger partial charge in [-0.05, 0) is 35.7 Å². The Kier molecular flexibility index (Phi) is 4.15. The fourth-order valence-electron chi connectivity index (χ4n) is 2.81. The topological polar surface area (TPSA) is 37.8 Å². The van der Waals surface area contributed by atoms with E-state index in [1.807, 2.05) is 6.07 Å². The lowest BCUT2D eigenvalue weighted by Gasteiger charge is -2.09. The van der Waals surface area contributed by atoms with Crippen molar-refractivity contribution < 1.29 is 4.39 Å². The maximum atomic E-state index is 13.5. The predicted molar refractivity (Wildman–Crippen MR) is 102 cm³/mol. The van der Waals surface area contributed by atoms with Crippen molar-refractivity contribution in [3.8, 4) is 11.1 Å². The van der Waals surface area contributed by atoms with Crippen molar-refractivity contribution in [2.45, 2.75) is 13.3 Å². The number of rotatable bonds is 4. The molecule has 0 atom stereocenters. The van der Waals surface area contributed by atoms with Gasteiger partial charge in [0.25, 0.3) is 0 Å². The zero-order chi connectivity index (χ0) is 17.2. The van der Waals surface area contributed by atoms with Crippen molar-refractivity contribution in [2.75, 3.05) is 5.32 Å². The summed E-state index contributed by atoms with van der Waals surface area (Å²) in [6.45, 7) is 2.14. The largest absolute Gasteiger partial charge is 0.339 e. The minimum Gasteiger partial charge on any atom is -0.339 e. The molecule has 0 saturated heterocycles. The first-order valence-electron chi connectivity index (χ1n) is 8.08. The number of hydrogen-bond acceptors (Lipinski definition) is 4. The molecule has 0 fully saturated rings. The molecular weight excluding hydrogens is 333 g/mol. The van der Waals surface area contributed by atoms with Gasteiger partial charge in [0.05, 0.1) is 5.39 Å². The molecule has 1 N–H and O–H groups in total. The lowest BCUT2D eigenvalue weighted by Crippen LogP contribution is -1.96. The average molecular weight is 349 g/mol. The zero-order valence-electron chi connectivity index (χ0n) is 13.7. The Morgan fingerprint density at radius 1 is 1.08 bits per heavy atom. The molecule has 25 heavy (non-hydrogen) atoms. The number of anilines is 2. The minimum atomic E-state index is -0.281. The molecule has 0 aliphatic rings. The summed E-state index contributed by atoms with van der Waals surface area (Å²) in [4.78, 5) is 9.67. The van der Waals surface area contributed by atoms with Crippen molar-refractivity contribution in [3.63, 3.8) is 0 Å². The van der Waals surface area contributed by atoms with Gasteiger partial charge >= 0.3 is 0 Å². The van der Waals surface area contributed by atoms with E-state index >= 15 is 0 Å². The van der Waals surface area contributed by atoms with Gasteiger partial charge in [-0.15, -0.1) is 11.3 Å². The summed E-state index contributed by atoms with van der Waals surface area (Å²) in [7, 11) is 0. The van der Waals surface area contributed by atoms with Gasteiger partial charge in [-0.3, -0.25) is 0 Å². The Balaban J connectivity index is 1.81. The maximum absolute atomic E-state index is 13.5. The fraction of sp³-hybridized carbons (Fsp3) is 0.100. The number of nitrogens with one attached hydrogen (secondary N) is 1. The summed E-state index contributed by atoms with van der Waals surface area (Å²) in [5, 5.41) is 6.28. The van der Waals surface area contributed by atoms with E-state index in [2.05, 4.69) is 51.9 Å². The van der Waals surface area contributed by atoms with E-state index in [-0.39, 0.29) is 5.82 Å². The molecule has 5 heteroatoms. The first-order chi connectivity index (χ1) is 12.2. The highest BCUT2D eigenvalue weighted by molar-refractivity contribution is 7.17. The van der Waals surface area contributed by atoms with E-state index in [0.29, 0.717) is 11.5 Å². The Morgan fingerprint density at radius 2 is 1.92 bits per heavy atom. The van der Waals surface area contributed by atoms with Crippen LogP contribution in [0.4, 0.5) is 15.9 Å². The van der Waals surface area contributed by atoms with Crippen LogP contribution in [0.1, 0.15) is 12.5 Å². The van der Waals surface area contributed by atoms with Gasteiger partial charge < -0.3 is 5.32 Å². The number of hydrogen-bond donors (Lipinski definition) is 1. The SMILES string of the molecule is CCc1ccc(-c2csc3ncnc(Nc4cccc(F)c4)c23)cc1. The van der Waals surface area contributed by atoms with Crippen molar-refractivity contribution in [3.05, 3.63) is 71.6 Å². The van der Waals surface area contributed by atoms with Gasteiger partial charge in [0.2, 0.25) is 0 Å². The quantitative estimate of drug-likeness (QED) is 0.506. The number of benzene rings is 2. The number of halogens is 1. The molecule has 0 aliphatic heterocycles. The van der Waals surface area contributed by atoms with Gasteiger partial charge in [-0.2, -0.15) is 0 Å². The maximum Gasteiger partial charge on any atom is 0.143 e. The van der Waals surface area contributed by atoms with Crippen LogP contribution in [-0.4, -0.2) is 9.97 Å². The standard InChI is InChI=1S/C20H16FN3S/c1-2-13-6-8-14(9-7-13)17-11-25-20-18(17)19(22-12-23-20)24-16-5-3-4-15(21)10-16/h3-12H,2H2,1H3,(H,22,23,24). The smallest absolute Gasteiger partial charge is 0.143 e. The second-order valence-electron chi connectivity index (χ2n) is 5.74. The van der Waals surface area contributed by atoms with E-state index < -0.39 is 0 Å². The average Bonchev–Trinajstić information content (AvgIpc) is 3.07. The molecule has 0 amide bonds. The Morgan fingerprint density at radius 3 is 2.68 bits per heavy atom. The molecule has 0 radical (unpaired) electrons. The second-order valence-corrected chi connectivity index (χ2v) is 6.60. The van der Waals surface area contributed by atoms with Gasteiger partial charge in [0, 0.05) is 16.6 Å². The van der Waals surface area contributed by atoms with E-state index in [4.69, 9.17) is 0 Å². The summed E-state index contributed by atoms with van der Waals surface area (Å²) in [6, 6.07) is 14.9. The van der Waals surface area contributed by atoms with E-state index in [0.717, 1.165) is 27.8 Å². The van der Waals surface area contributed by atoms with Crippen LogP contribution in [-0.2, 0) is 6.42 Å². The number of fused-ring (bicyclic) bond motifs is 1. The Labute approximate surface area is 149 Å². The third-order valence-corrected chi connectivity index (χ3v) is 5.02. The van der Waals surface area contributed by atoms with Crippen LogP contribution >= 0.6 is 11.3 Å². The molecule has 0 spiro atoms. The number of thiophene rings is 1. The summed E-state index contributed by atoms with van der Waals surface area (Å²) >= 11 is 1.58. The molecule has 0 aliphatic carbocycles. The number of nitrogens with zero attached hydrogens (tertiary/aromatic N) is 2. The highest BCUT2D eigenvalue weighted by Gasteiger charge is 2.13. The molecule has 2 aromatic heterocycles. The number of aromatic nitrogens is 2. The summed E-state index contributed by atoms with van der Waals surface area (Å²) in [5.74, 6) is 0.405. The zero-order valence-corrected chi connectivity index (χ0v) is 14.5. The normalized spacial score (nSPS) is 11.0. The molecule has 2 heterocycles. The van der Waals surface area contributed by atoms with Gasteiger partial charge in [-0.1, -0.05) is 37.3 Å². The molecule has 3 nitrogen and oxygen atoms in total. The van der Waals surface area contributed by atoms with Gasteiger partial charge in [0.1, 0.15) is 22.8 Å². The second kappa shape index (κ2) is 6.61. The van der Waals surface area contributed by atoms with Crippen LogP contribution in [0.2, 0.25) is 0 Å². The molecular formula is C20H16FN3S. The molecule has 124 valence electrons. The highest BCUT2D eigenvalue weighted by atomic mass is 32.1. The summed E-state index contributed by atoms with van der Waals surface area (Å²) in [6.07, 6.45) is 2.55. The molecule has 4 rings (SSSR count). The van der Waals surface area contributed by atoms with Crippen LogP contribution in [0.15, 0.2) is 60.2 Å². The number of aryl methyl sites for hydroxylation is 1. The predicted octanol–water partition coefficient (Wildman–Crippen LogP) is 5.80. The van der Waals surface area contributed by atoms with Crippen molar-refractivity contribution in [1.29, 1.82) is 0 Å².